The molecule has 0 fully saturated rings. The first-order valence-corrected chi connectivity index (χ1v) is 6.34. The van der Waals surface area contributed by atoms with Crippen LogP contribution in [0, 0.1) is 5.82 Å². The summed E-state index contributed by atoms with van der Waals surface area (Å²) in [6.07, 6.45) is 0. The van der Waals surface area contributed by atoms with Crippen LogP contribution in [-0.2, 0) is 0 Å². The second-order valence-electron chi connectivity index (χ2n) is 4.00. The number of halogens is 2. The summed E-state index contributed by atoms with van der Waals surface area (Å²) in [5.74, 6) is 0.354. The smallest absolute Gasteiger partial charge is 0.167 e. The molecule has 2 rings (SSSR count). The predicted octanol–water partition coefficient (Wildman–Crippen LogP) is 4.40. The maximum Gasteiger partial charge on any atom is 0.167 e. The van der Waals surface area contributed by atoms with Gasteiger partial charge in [0, 0.05) is 16.1 Å². The molecule has 2 N–H and O–H groups in total. The van der Waals surface area contributed by atoms with Gasteiger partial charge < -0.3 is 10.5 Å². The zero-order valence-electron chi connectivity index (χ0n) is 9.86. The van der Waals surface area contributed by atoms with E-state index in [0.717, 1.165) is 4.47 Å². The lowest BCUT2D eigenvalue weighted by Gasteiger charge is -2.14. The summed E-state index contributed by atoms with van der Waals surface area (Å²) in [4.78, 5) is 0. The largest absolute Gasteiger partial charge is 0.454 e. The van der Waals surface area contributed by atoms with Crippen molar-refractivity contribution >= 4 is 15.9 Å². The molecule has 2 aromatic carbocycles. The molecule has 0 heterocycles. The highest BCUT2D eigenvalue weighted by Gasteiger charge is 2.13. The van der Waals surface area contributed by atoms with E-state index >= 15 is 0 Å². The van der Waals surface area contributed by atoms with Crippen LogP contribution >= 0.6 is 15.9 Å². The van der Waals surface area contributed by atoms with Crippen LogP contribution in [0.5, 0.6) is 11.5 Å². The second kappa shape index (κ2) is 5.50. The molecule has 0 unspecified atom stereocenters. The van der Waals surface area contributed by atoms with Crippen molar-refractivity contribution in [1.29, 1.82) is 0 Å². The quantitative estimate of drug-likeness (QED) is 0.912. The lowest BCUT2D eigenvalue weighted by atomic mass is 10.1. The van der Waals surface area contributed by atoms with Crippen molar-refractivity contribution in [2.45, 2.75) is 13.0 Å². The molecule has 0 saturated carbocycles. The zero-order valence-corrected chi connectivity index (χ0v) is 11.4. The Morgan fingerprint density at radius 2 is 1.83 bits per heavy atom. The van der Waals surface area contributed by atoms with Crippen LogP contribution in [0.15, 0.2) is 46.9 Å². The number of hydrogen-bond acceptors (Lipinski definition) is 2. The molecular formula is C14H13BrFNO. The highest BCUT2D eigenvalue weighted by molar-refractivity contribution is 9.10. The van der Waals surface area contributed by atoms with E-state index in [-0.39, 0.29) is 11.8 Å². The van der Waals surface area contributed by atoms with Gasteiger partial charge in [0.05, 0.1) is 0 Å². The van der Waals surface area contributed by atoms with E-state index in [1.165, 1.54) is 6.07 Å². The molecule has 18 heavy (non-hydrogen) atoms. The summed E-state index contributed by atoms with van der Waals surface area (Å²) in [6.45, 7) is 1.79. The molecule has 1 atom stereocenters. The summed E-state index contributed by atoms with van der Waals surface area (Å²) >= 11 is 3.33. The molecule has 0 aliphatic heterocycles. The Morgan fingerprint density at radius 3 is 2.44 bits per heavy atom. The van der Waals surface area contributed by atoms with Gasteiger partial charge in [0.15, 0.2) is 11.6 Å². The van der Waals surface area contributed by atoms with Crippen molar-refractivity contribution in [1.82, 2.24) is 0 Å². The topological polar surface area (TPSA) is 35.2 Å². The Balaban J connectivity index is 2.36. The summed E-state index contributed by atoms with van der Waals surface area (Å²) in [6, 6.07) is 11.7. The number of nitrogens with two attached hydrogens (primary N) is 1. The van der Waals surface area contributed by atoms with Crippen LogP contribution in [0.2, 0.25) is 0 Å². The van der Waals surface area contributed by atoms with Gasteiger partial charge in [-0.3, -0.25) is 0 Å². The van der Waals surface area contributed by atoms with Gasteiger partial charge in [-0.05, 0) is 37.3 Å². The van der Waals surface area contributed by atoms with Crippen molar-refractivity contribution in [2.24, 2.45) is 5.73 Å². The van der Waals surface area contributed by atoms with Crippen LogP contribution in [0.4, 0.5) is 4.39 Å². The first-order chi connectivity index (χ1) is 8.58. The summed E-state index contributed by atoms with van der Waals surface area (Å²) in [5.41, 5.74) is 6.46. The molecular weight excluding hydrogens is 297 g/mol. The Bertz CT molecular complexity index is 540. The molecule has 0 aliphatic rings. The van der Waals surface area contributed by atoms with Crippen LogP contribution in [0.1, 0.15) is 18.5 Å². The number of benzene rings is 2. The Hall–Kier alpha value is -1.39. The molecule has 4 heteroatoms. The molecule has 0 aromatic heterocycles. The maximum absolute atomic E-state index is 13.8. The molecule has 0 radical (unpaired) electrons. The molecule has 0 bridgehead atoms. The van der Waals surface area contributed by atoms with Crippen molar-refractivity contribution < 1.29 is 9.13 Å². The normalized spacial score (nSPS) is 12.2. The van der Waals surface area contributed by atoms with E-state index in [2.05, 4.69) is 15.9 Å². The lowest BCUT2D eigenvalue weighted by Crippen LogP contribution is -2.07. The predicted molar refractivity (Wildman–Crippen MR) is 73.2 cm³/mol. The third kappa shape index (κ3) is 2.89. The van der Waals surface area contributed by atoms with Crippen LogP contribution in [0.25, 0.3) is 0 Å². The molecule has 0 aliphatic carbocycles. The Morgan fingerprint density at radius 1 is 1.17 bits per heavy atom. The molecule has 0 spiro atoms. The monoisotopic (exact) mass is 309 g/mol. The van der Waals surface area contributed by atoms with Gasteiger partial charge >= 0.3 is 0 Å². The SMILES string of the molecule is C[C@@H](N)c1cccc(F)c1Oc1ccc(Br)cc1. The van der Waals surface area contributed by atoms with Crippen molar-refractivity contribution in [3.63, 3.8) is 0 Å². The van der Waals surface area contributed by atoms with Crippen molar-refractivity contribution in [3.8, 4) is 11.5 Å². The molecule has 2 nitrogen and oxygen atoms in total. The van der Waals surface area contributed by atoms with Crippen LogP contribution < -0.4 is 10.5 Å². The van der Waals surface area contributed by atoms with E-state index in [1.807, 2.05) is 12.1 Å². The zero-order chi connectivity index (χ0) is 13.1. The fourth-order valence-electron chi connectivity index (χ4n) is 1.61. The summed E-state index contributed by atoms with van der Waals surface area (Å²) in [7, 11) is 0. The Labute approximate surface area is 114 Å². The van der Waals surface area contributed by atoms with Gasteiger partial charge in [-0.25, -0.2) is 4.39 Å². The summed E-state index contributed by atoms with van der Waals surface area (Å²) in [5, 5.41) is 0. The third-order valence-corrected chi connectivity index (χ3v) is 3.05. The highest BCUT2D eigenvalue weighted by Crippen LogP contribution is 2.31. The summed E-state index contributed by atoms with van der Waals surface area (Å²) < 4.78 is 20.3. The van der Waals surface area contributed by atoms with Crippen molar-refractivity contribution in [2.75, 3.05) is 0 Å². The standard InChI is InChI=1S/C14H13BrFNO/c1-9(17)12-3-2-4-13(16)14(12)18-11-7-5-10(15)6-8-11/h2-9H,17H2,1H3/t9-/m1/s1. The fourth-order valence-corrected chi connectivity index (χ4v) is 1.88. The molecule has 0 amide bonds. The van der Waals surface area contributed by atoms with Gasteiger partial charge in [0.2, 0.25) is 0 Å². The minimum Gasteiger partial charge on any atom is -0.454 e. The Kier molecular flexibility index (Phi) is 3.99. The average Bonchev–Trinajstić information content (AvgIpc) is 2.34. The van der Waals surface area contributed by atoms with Gasteiger partial charge in [0.1, 0.15) is 5.75 Å². The number of para-hydroxylation sites is 1. The van der Waals surface area contributed by atoms with Crippen LogP contribution in [-0.4, -0.2) is 0 Å². The number of hydrogen-bond donors (Lipinski definition) is 1. The number of rotatable bonds is 3. The first-order valence-electron chi connectivity index (χ1n) is 5.55. The van der Waals surface area contributed by atoms with Crippen LogP contribution in [0.3, 0.4) is 0 Å². The maximum atomic E-state index is 13.8. The second-order valence-corrected chi connectivity index (χ2v) is 4.92. The molecule has 2 aromatic rings. The van der Waals surface area contributed by atoms with E-state index in [1.54, 1.807) is 31.2 Å². The van der Waals surface area contributed by atoms with Gasteiger partial charge in [-0.1, -0.05) is 28.1 Å². The average molecular weight is 310 g/mol. The van der Waals surface area contributed by atoms with Gasteiger partial charge in [0.25, 0.3) is 0 Å². The van der Waals surface area contributed by atoms with Gasteiger partial charge in [-0.15, -0.1) is 0 Å². The van der Waals surface area contributed by atoms with E-state index < -0.39 is 5.82 Å². The van der Waals surface area contributed by atoms with Gasteiger partial charge in [-0.2, -0.15) is 0 Å². The minimum atomic E-state index is -0.410. The molecule has 0 saturated heterocycles. The fraction of sp³-hybridized carbons (Fsp3) is 0.143. The van der Waals surface area contributed by atoms with E-state index in [4.69, 9.17) is 10.5 Å². The van der Waals surface area contributed by atoms with E-state index in [0.29, 0.717) is 11.3 Å². The van der Waals surface area contributed by atoms with Crippen molar-refractivity contribution in [3.05, 3.63) is 58.3 Å². The van der Waals surface area contributed by atoms with E-state index in [9.17, 15) is 4.39 Å². The number of ether oxygens (including phenoxy) is 1. The first kappa shape index (κ1) is 13.1. The minimum absolute atomic E-state index is 0.190. The molecule has 94 valence electrons. The highest BCUT2D eigenvalue weighted by atomic mass is 79.9. The lowest BCUT2D eigenvalue weighted by molar-refractivity contribution is 0.432. The third-order valence-electron chi connectivity index (χ3n) is 2.52.